The molecule has 1 aliphatic rings. The summed E-state index contributed by atoms with van der Waals surface area (Å²) in [5, 5.41) is 31.4. The number of hydrogen-bond donors (Lipinski definition) is 3. The van der Waals surface area contributed by atoms with Gasteiger partial charge in [0.25, 0.3) is 7.82 Å². The average Bonchev–Trinajstić information content (AvgIpc) is 3.43. The molecule has 1 fully saturated rings. The van der Waals surface area contributed by atoms with Crippen LogP contribution in [0.1, 0.15) is 174 Å². The molecular weight excluding hydrogens is 757 g/mol. The molecule has 0 radical (unpaired) electrons. The smallest absolute Gasteiger partial charge is 0.306 e. The fraction of sp³-hybridized carbons (Fsp3) is 0.891. The molecule has 7 unspecified atom stereocenters. The highest BCUT2D eigenvalue weighted by Gasteiger charge is 2.39. The van der Waals surface area contributed by atoms with E-state index in [1.807, 2.05) is 39.4 Å². The number of hydrogen-bond acceptors (Lipinski definition) is 10. The van der Waals surface area contributed by atoms with Crippen LogP contribution in [0.3, 0.4) is 0 Å². The molecule has 58 heavy (non-hydrogen) atoms. The molecule has 12 heteroatoms. The maximum atomic E-state index is 12.8. The number of carbonyl (C=O) groups excluding carboxylic acids is 1. The van der Waals surface area contributed by atoms with Gasteiger partial charge in [-0.3, -0.25) is 9.36 Å². The maximum Gasteiger partial charge on any atom is 0.306 e. The number of nitrogens with zero attached hydrogens (tertiary/aromatic N) is 1. The lowest BCUT2D eigenvalue weighted by atomic mass is 9.89. The zero-order valence-corrected chi connectivity index (χ0v) is 38.5. The quantitative estimate of drug-likeness (QED) is 0.0179. The van der Waals surface area contributed by atoms with Crippen molar-refractivity contribution in [2.24, 2.45) is 11.8 Å². The largest absolute Gasteiger partial charge is 0.756 e. The Balaban J connectivity index is 2.43. The highest BCUT2D eigenvalue weighted by molar-refractivity contribution is 7.45. The predicted octanol–water partition coefficient (Wildman–Crippen LogP) is 9.36. The minimum Gasteiger partial charge on any atom is -0.756 e. The molecule has 0 aromatic carbocycles. The minimum atomic E-state index is -4.59. The highest BCUT2D eigenvalue weighted by Crippen LogP contribution is 2.38. The van der Waals surface area contributed by atoms with Crippen molar-refractivity contribution in [2.45, 2.75) is 199 Å². The normalized spacial score (nSPS) is 20.9. The first-order valence-electron chi connectivity index (χ1n) is 23.3. The maximum absolute atomic E-state index is 12.8. The molecule has 0 aliphatic heterocycles. The number of likely N-dealkylation sites (N-methyl/N-ethyl adjacent to an activating group) is 1. The van der Waals surface area contributed by atoms with Crippen LogP contribution in [0.5, 0.6) is 0 Å². The van der Waals surface area contributed by atoms with Crippen LogP contribution in [0.2, 0.25) is 0 Å². The van der Waals surface area contributed by atoms with Gasteiger partial charge in [-0.15, -0.1) is 0 Å². The van der Waals surface area contributed by atoms with Crippen LogP contribution in [-0.4, -0.2) is 104 Å². The van der Waals surface area contributed by atoms with Crippen LogP contribution >= 0.6 is 7.82 Å². The molecule has 11 nitrogen and oxygen atoms in total. The number of esters is 1. The van der Waals surface area contributed by atoms with E-state index in [0.29, 0.717) is 49.7 Å². The number of quaternary nitrogens is 1. The van der Waals surface area contributed by atoms with E-state index in [-0.39, 0.29) is 38.1 Å². The molecule has 0 bridgehead atoms. The van der Waals surface area contributed by atoms with Gasteiger partial charge in [0, 0.05) is 25.4 Å². The summed E-state index contributed by atoms with van der Waals surface area (Å²) in [5.41, 5.74) is 0. The lowest BCUT2D eigenvalue weighted by Crippen LogP contribution is -2.37. The number of aliphatic hydroxyl groups is 3. The van der Waals surface area contributed by atoms with Crippen molar-refractivity contribution in [2.75, 3.05) is 54.1 Å². The summed E-state index contributed by atoms with van der Waals surface area (Å²) in [7, 11) is 1.21. The molecule has 3 N–H and O–H groups in total. The summed E-state index contributed by atoms with van der Waals surface area (Å²) in [6.07, 6.45) is 31.4. The van der Waals surface area contributed by atoms with Crippen molar-refractivity contribution in [1.82, 2.24) is 0 Å². The number of ether oxygens (including phenoxy) is 2. The van der Waals surface area contributed by atoms with Gasteiger partial charge >= 0.3 is 5.97 Å². The number of allylic oxidation sites excluding steroid dienone is 2. The number of unbranched alkanes of at least 4 members (excludes halogenated alkanes) is 18. The summed E-state index contributed by atoms with van der Waals surface area (Å²) < 4.78 is 34.6. The highest BCUT2D eigenvalue weighted by atomic mass is 31.2. The monoisotopic (exact) mass is 846 g/mol. The molecule has 342 valence electrons. The van der Waals surface area contributed by atoms with E-state index in [1.165, 1.54) is 83.5 Å². The molecule has 0 amide bonds. The van der Waals surface area contributed by atoms with Crippen LogP contribution < -0.4 is 4.89 Å². The van der Waals surface area contributed by atoms with Gasteiger partial charge < -0.3 is 43.2 Å². The van der Waals surface area contributed by atoms with Crippen molar-refractivity contribution in [3.05, 3.63) is 24.3 Å². The topological polar surface area (TPSA) is 155 Å². The number of aliphatic hydroxyl groups excluding tert-OH is 3. The Morgan fingerprint density at radius 1 is 0.759 bits per heavy atom. The van der Waals surface area contributed by atoms with Crippen molar-refractivity contribution in [3.63, 3.8) is 0 Å². The number of rotatable bonds is 39. The molecule has 0 saturated heterocycles. The second-order valence-corrected chi connectivity index (χ2v) is 19.2. The second kappa shape index (κ2) is 34.4. The van der Waals surface area contributed by atoms with Crippen molar-refractivity contribution >= 4 is 13.8 Å². The minimum absolute atomic E-state index is 0.0160. The van der Waals surface area contributed by atoms with Gasteiger partial charge in [-0.2, -0.15) is 0 Å². The molecule has 1 aliphatic carbocycles. The Kier molecular flexibility index (Phi) is 32.6. The Hall–Kier alpha value is -1.14. The number of phosphoric acid groups is 1. The van der Waals surface area contributed by atoms with Crippen molar-refractivity contribution in [1.29, 1.82) is 0 Å². The Morgan fingerprint density at radius 2 is 1.33 bits per heavy atom. The molecule has 0 spiro atoms. The van der Waals surface area contributed by atoms with E-state index in [0.717, 1.165) is 38.5 Å². The molecule has 1 rings (SSSR count). The molecule has 7 atom stereocenters. The average molecular weight is 846 g/mol. The van der Waals surface area contributed by atoms with Gasteiger partial charge in [0.1, 0.15) is 19.3 Å². The van der Waals surface area contributed by atoms with Crippen LogP contribution in [0.15, 0.2) is 24.3 Å². The molecule has 1 saturated carbocycles. The van der Waals surface area contributed by atoms with Gasteiger partial charge in [-0.05, 0) is 38.0 Å². The third-order valence-electron chi connectivity index (χ3n) is 11.1. The van der Waals surface area contributed by atoms with E-state index >= 15 is 0 Å². The first-order valence-corrected chi connectivity index (χ1v) is 24.8. The number of carbonyl (C=O) groups is 1. The number of phosphoric ester groups is 1. The summed E-state index contributed by atoms with van der Waals surface area (Å²) in [4.78, 5) is 25.2. The van der Waals surface area contributed by atoms with Gasteiger partial charge in [-0.25, -0.2) is 0 Å². The van der Waals surface area contributed by atoms with Gasteiger partial charge in [-0.1, -0.05) is 154 Å². The third kappa shape index (κ3) is 30.8. The van der Waals surface area contributed by atoms with E-state index < -0.39 is 38.2 Å². The summed E-state index contributed by atoms with van der Waals surface area (Å²) in [5.74, 6) is -0.839. The van der Waals surface area contributed by atoms with E-state index in [4.69, 9.17) is 18.5 Å². The third-order valence-corrected chi connectivity index (χ3v) is 12.0. The molecule has 0 aromatic heterocycles. The Bertz CT molecular complexity index is 1100. The van der Waals surface area contributed by atoms with Crippen molar-refractivity contribution in [3.8, 4) is 0 Å². The van der Waals surface area contributed by atoms with Crippen LogP contribution in [0.4, 0.5) is 0 Å². The lowest BCUT2D eigenvalue weighted by molar-refractivity contribution is -0.870. The summed E-state index contributed by atoms with van der Waals surface area (Å²) in [6, 6.07) is 0. The van der Waals surface area contributed by atoms with Crippen LogP contribution in [-0.2, 0) is 27.9 Å². The van der Waals surface area contributed by atoms with E-state index in [9.17, 15) is 29.6 Å². The lowest BCUT2D eigenvalue weighted by Gasteiger charge is -2.28. The zero-order chi connectivity index (χ0) is 42.9. The summed E-state index contributed by atoms with van der Waals surface area (Å²) in [6.45, 7) is 5.00. The Morgan fingerprint density at radius 3 is 1.91 bits per heavy atom. The van der Waals surface area contributed by atoms with Crippen LogP contribution in [0, 0.1) is 11.8 Å². The van der Waals surface area contributed by atoms with Crippen LogP contribution in [0.25, 0.3) is 0 Å². The van der Waals surface area contributed by atoms with Gasteiger partial charge in [0.2, 0.25) is 0 Å². The fourth-order valence-electron chi connectivity index (χ4n) is 7.36. The zero-order valence-electron chi connectivity index (χ0n) is 37.6. The predicted molar refractivity (Wildman–Crippen MR) is 233 cm³/mol. The van der Waals surface area contributed by atoms with E-state index in [2.05, 4.69) is 13.8 Å². The first kappa shape index (κ1) is 54.9. The van der Waals surface area contributed by atoms with Crippen molar-refractivity contribution < 1.29 is 52.6 Å². The van der Waals surface area contributed by atoms with E-state index in [1.54, 1.807) is 6.08 Å². The molecule has 0 heterocycles. The molecule has 0 aromatic rings. The summed E-state index contributed by atoms with van der Waals surface area (Å²) >= 11 is 0. The standard InChI is InChI=1S/C46H88NO10P/c1-6-8-10-11-12-13-14-15-16-17-18-19-20-21-24-28-35-54-38-41(39-56-58(52,53)55-36-34-47(3,4)5)57-46(51)31-27-23-22-26-30-42-43(45(50)37-44(42)49)33-32-40(48)29-25-9-7-2/h22,26,32-33,40-45,48-50H,6-21,23-25,27-31,34-39H2,1-5H3/b26-22-,33-32+. The second-order valence-electron chi connectivity index (χ2n) is 17.7. The first-order chi connectivity index (χ1) is 27.8. The molecular formula is C46H88NO10P. The SMILES string of the molecule is CCCCCCCCCCCCCCCCCCOCC(COP(=O)([O-])OCC[N+](C)(C)C)OC(=O)CCC/C=C\CC1C(O)CC(O)C1/C=C/C(O)CCCCC. The Labute approximate surface area is 354 Å². The van der Waals surface area contributed by atoms with Gasteiger partial charge in [0.15, 0.2) is 0 Å². The van der Waals surface area contributed by atoms with Gasteiger partial charge in [0.05, 0.1) is 52.7 Å². The fourth-order valence-corrected chi connectivity index (χ4v) is 8.09.